The highest BCUT2D eigenvalue weighted by Gasteiger charge is 2.23. The predicted octanol–water partition coefficient (Wildman–Crippen LogP) is 3.15. The van der Waals surface area contributed by atoms with E-state index in [2.05, 4.69) is 16.0 Å². The fourth-order valence-corrected chi connectivity index (χ4v) is 2.74. The van der Waals surface area contributed by atoms with Crippen LogP contribution in [0.5, 0.6) is 0 Å². The molecule has 0 fully saturated rings. The van der Waals surface area contributed by atoms with E-state index in [1.807, 2.05) is 19.1 Å². The molecule has 0 saturated heterocycles. The lowest BCUT2D eigenvalue weighted by molar-refractivity contribution is -0.126. The van der Waals surface area contributed by atoms with Gasteiger partial charge in [-0.2, -0.15) is 5.48 Å². The van der Waals surface area contributed by atoms with E-state index < -0.39 is 17.7 Å². The van der Waals surface area contributed by atoms with Crippen LogP contribution in [0.3, 0.4) is 0 Å². The third kappa shape index (κ3) is 4.90. The maximum atomic E-state index is 13.9. The highest BCUT2D eigenvalue weighted by atomic mass is 19.2. The van der Waals surface area contributed by atoms with Crippen LogP contribution in [0, 0.1) is 18.6 Å². The number of carbonyl (C=O) groups is 1. The lowest BCUT2D eigenvalue weighted by Crippen LogP contribution is -2.36. The summed E-state index contributed by atoms with van der Waals surface area (Å²) in [5, 5.41) is 6.48. The Balaban J connectivity index is 2.26. The van der Waals surface area contributed by atoms with Gasteiger partial charge in [-0.1, -0.05) is 29.4 Å². The standard InChI is InChI=1S/C20H23F2N3O3/c1-12-7-5-9-15(19(25-27-4)20(26)23-3)16(12)11-28-24-13(2)14-8-6-10-17(21)18(14)22/h5-10,19,25H,11H2,1-4H3,(H,23,26)/b24-13+. The van der Waals surface area contributed by atoms with Crippen LogP contribution in [0.15, 0.2) is 41.6 Å². The summed E-state index contributed by atoms with van der Waals surface area (Å²) < 4.78 is 27.2. The van der Waals surface area contributed by atoms with Crippen LogP contribution in [0.1, 0.15) is 35.2 Å². The summed E-state index contributed by atoms with van der Waals surface area (Å²) in [6.45, 7) is 3.43. The molecular weight excluding hydrogens is 368 g/mol. The van der Waals surface area contributed by atoms with Crippen molar-refractivity contribution in [1.29, 1.82) is 0 Å². The molecule has 6 nitrogen and oxygen atoms in total. The second-order valence-corrected chi connectivity index (χ2v) is 6.06. The molecule has 0 aromatic heterocycles. The average molecular weight is 391 g/mol. The number of nitrogens with one attached hydrogen (secondary N) is 2. The second-order valence-electron chi connectivity index (χ2n) is 6.06. The first kappa shape index (κ1) is 21.5. The van der Waals surface area contributed by atoms with Crippen molar-refractivity contribution in [1.82, 2.24) is 10.8 Å². The third-order valence-electron chi connectivity index (χ3n) is 4.25. The molecule has 0 heterocycles. The molecular formula is C20H23F2N3O3. The van der Waals surface area contributed by atoms with Crippen LogP contribution in [-0.2, 0) is 21.1 Å². The van der Waals surface area contributed by atoms with Gasteiger partial charge in [0.05, 0.1) is 12.8 Å². The molecule has 2 aromatic rings. The van der Waals surface area contributed by atoms with Gasteiger partial charge >= 0.3 is 0 Å². The summed E-state index contributed by atoms with van der Waals surface area (Å²) in [6.07, 6.45) is 0. The Morgan fingerprint density at radius 3 is 2.61 bits per heavy atom. The van der Waals surface area contributed by atoms with Gasteiger partial charge in [0.2, 0.25) is 5.91 Å². The molecule has 0 saturated carbocycles. The molecule has 0 aliphatic carbocycles. The molecule has 1 amide bonds. The van der Waals surface area contributed by atoms with Crippen molar-refractivity contribution in [2.45, 2.75) is 26.5 Å². The molecule has 0 radical (unpaired) electrons. The zero-order valence-corrected chi connectivity index (χ0v) is 16.2. The Labute approximate surface area is 162 Å². The number of aryl methyl sites for hydroxylation is 1. The lowest BCUT2D eigenvalue weighted by atomic mass is 9.96. The number of amides is 1. The Kier molecular flexibility index (Phi) is 7.60. The summed E-state index contributed by atoms with van der Waals surface area (Å²) in [7, 11) is 2.95. The minimum absolute atomic E-state index is 0.0225. The van der Waals surface area contributed by atoms with Crippen LogP contribution in [-0.4, -0.2) is 25.8 Å². The van der Waals surface area contributed by atoms with E-state index in [0.717, 1.165) is 17.2 Å². The van der Waals surface area contributed by atoms with Gasteiger partial charge in [0.25, 0.3) is 0 Å². The number of hydrogen-bond acceptors (Lipinski definition) is 5. The van der Waals surface area contributed by atoms with Crippen LogP contribution >= 0.6 is 0 Å². The van der Waals surface area contributed by atoms with Crippen LogP contribution in [0.2, 0.25) is 0 Å². The normalized spacial score (nSPS) is 12.6. The van der Waals surface area contributed by atoms with E-state index in [9.17, 15) is 13.6 Å². The summed E-state index contributed by atoms with van der Waals surface area (Å²) in [6, 6.07) is 8.57. The van der Waals surface area contributed by atoms with E-state index in [0.29, 0.717) is 5.56 Å². The summed E-state index contributed by atoms with van der Waals surface area (Å²) in [5.74, 6) is -2.21. The maximum Gasteiger partial charge on any atom is 0.243 e. The van der Waals surface area contributed by atoms with Crippen molar-refractivity contribution < 1.29 is 23.3 Å². The molecule has 0 aliphatic rings. The first-order valence-corrected chi connectivity index (χ1v) is 8.60. The molecule has 0 spiro atoms. The topological polar surface area (TPSA) is 72.0 Å². The van der Waals surface area contributed by atoms with Crippen molar-refractivity contribution in [3.05, 3.63) is 70.3 Å². The zero-order valence-electron chi connectivity index (χ0n) is 16.2. The highest BCUT2D eigenvalue weighted by molar-refractivity contribution is 5.98. The minimum Gasteiger partial charge on any atom is -0.391 e. The number of benzene rings is 2. The molecule has 1 unspecified atom stereocenters. The SMILES string of the molecule is CNC(=O)C(NOC)c1cccc(C)c1CO/N=C(\C)c1cccc(F)c1F. The van der Waals surface area contributed by atoms with Crippen molar-refractivity contribution in [3.8, 4) is 0 Å². The largest absolute Gasteiger partial charge is 0.391 e. The Morgan fingerprint density at radius 1 is 1.21 bits per heavy atom. The van der Waals surface area contributed by atoms with Crippen molar-refractivity contribution in [3.63, 3.8) is 0 Å². The Hall–Kier alpha value is -2.84. The molecule has 2 rings (SSSR count). The summed E-state index contributed by atoms with van der Waals surface area (Å²) >= 11 is 0. The van der Waals surface area contributed by atoms with Gasteiger partial charge in [0.1, 0.15) is 12.6 Å². The average Bonchev–Trinajstić information content (AvgIpc) is 2.68. The number of likely N-dealkylation sites (N-methyl/N-ethyl adjacent to an activating group) is 1. The first-order chi connectivity index (χ1) is 13.4. The van der Waals surface area contributed by atoms with E-state index in [-0.39, 0.29) is 23.8 Å². The second kappa shape index (κ2) is 9.91. The molecule has 2 N–H and O–H groups in total. The van der Waals surface area contributed by atoms with E-state index in [1.54, 1.807) is 6.07 Å². The van der Waals surface area contributed by atoms with Gasteiger partial charge in [0, 0.05) is 18.2 Å². The van der Waals surface area contributed by atoms with Crippen LogP contribution in [0.4, 0.5) is 8.78 Å². The van der Waals surface area contributed by atoms with Crippen molar-refractivity contribution in [2.24, 2.45) is 5.16 Å². The molecule has 0 aliphatic heterocycles. The maximum absolute atomic E-state index is 13.9. The molecule has 28 heavy (non-hydrogen) atoms. The van der Waals surface area contributed by atoms with Gasteiger partial charge in [-0.15, -0.1) is 0 Å². The zero-order chi connectivity index (χ0) is 20.7. The van der Waals surface area contributed by atoms with Gasteiger partial charge < -0.3 is 15.0 Å². The number of carbonyl (C=O) groups excluding carboxylic acids is 1. The van der Waals surface area contributed by atoms with E-state index >= 15 is 0 Å². The van der Waals surface area contributed by atoms with Gasteiger partial charge in [0.15, 0.2) is 11.6 Å². The number of oxime groups is 1. The molecule has 0 bridgehead atoms. The number of rotatable bonds is 8. The van der Waals surface area contributed by atoms with Crippen molar-refractivity contribution >= 4 is 11.6 Å². The lowest BCUT2D eigenvalue weighted by Gasteiger charge is -2.20. The molecule has 1 atom stereocenters. The van der Waals surface area contributed by atoms with Gasteiger partial charge in [-0.3, -0.25) is 4.79 Å². The van der Waals surface area contributed by atoms with Crippen LogP contribution < -0.4 is 10.8 Å². The Morgan fingerprint density at radius 2 is 1.93 bits per heavy atom. The fourth-order valence-electron chi connectivity index (χ4n) is 2.74. The quantitative estimate of drug-likeness (QED) is 0.536. The van der Waals surface area contributed by atoms with E-state index in [1.165, 1.54) is 33.2 Å². The smallest absolute Gasteiger partial charge is 0.243 e. The number of hydroxylamine groups is 1. The summed E-state index contributed by atoms with van der Waals surface area (Å²) in [4.78, 5) is 22.5. The third-order valence-corrected chi connectivity index (χ3v) is 4.25. The number of nitrogens with zero attached hydrogens (tertiary/aromatic N) is 1. The first-order valence-electron chi connectivity index (χ1n) is 8.60. The summed E-state index contributed by atoms with van der Waals surface area (Å²) in [5.41, 5.74) is 5.16. The van der Waals surface area contributed by atoms with Crippen molar-refractivity contribution in [2.75, 3.05) is 14.2 Å². The minimum atomic E-state index is -0.979. The molecule has 150 valence electrons. The predicted molar refractivity (Wildman–Crippen MR) is 101 cm³/mol. The molecule has 8 heteroatoms. The van der Waals surface area contributed by atoms with E-state index in [4.69, 9.17) is 9.68 Å². The van der Waals surface area contributed by atoms with Gasteiger partial charge in [-0.05, 0) is 37.1 Å². The van der Waals surface area contributed by atoms with Crippen LogP contribution in [0.25, 0.3) is 0 Å². The molecule has 2 aromatic carbocycles. The fraction of sp³-hybridized carbons (Fsp3) is 0.300. The number of halogens is 2. The monoisotopic (exact) mass is 391 g/mol. The Bertz CT molecular complexity index is 872. The highest BCUT2D eigenvalue weighted by Crippen LogP contribution is 2.23. The van der Waals surface area contributed by atoms with Gasteiger partial charge in [-0.25, -0.2) is 8.78 Å². The number of hydrogen-bond donors (Lipinski definition) is 2.